The lowest BCUT2D eigenvalue weighted by molar-refractivity contribution is -0.134. The van der Waals surface area contributed by atoms with Crippen molar-refractivity contribution in [2.24, 2.45) is 0 Å². The highest BCUT2D eigenvalue weighted by atomic mass is 32.1. The fraction of sp³-hybridized carbons (Fsp3) is 0.304. The van der Waals surface area contributed by atoms with Gasteiger partial charge in [0.15, 0.2) is 6.61 Å². The smallest absolute Gasteiger partial charge is 0.286 e. The van der Waals surface area contributed by atoms with Crippen molar-refractivity contribution in [3.8, 4) is 11.5 Å². The number of nitrogens with zero attached hydrogens (tertiary/aromatic N) is 3. The third-order valence-corrected chi connectivity index (χ3v) is 6.25. The van der Waals surface area contributed by atoms with Crippen LogP contribution < -0.4 is 14.8 Å². The Morgan fingerprint density at radius 1 is 1.09 bits per heavy atom. The first-order chi connectivity index (χ1) is 15.5. The number of hydrogen-bond acceptors (Lipinski definition) is 7. The molecule has 2 heterocycles. The van der Waals surface area contributed by atoms with Crippen LogP contribution in [0.5, 0.6) is 11.5 Å². The number of aryl methyl sites for hydroxylation is 1. The second-order valence-corrected chi connectivity index (χ2v) is 8.48. The van der Waals surface area contributed by atoms with Gasteiger partial charge in [-0.1, -0.05) is 29.0 Å². The van der Waals surface area contributed by atoms with Gasteiger partial charge in [0.05, 0.1) is 13.2 Å². The Bertz CT molecular complexity index is 1080. The van der Waals surface area contributed by atoms with E-state index >= 15 is 0 Å². The van der Waals surface area contributed by atoms with Gasteiger partial charge in [0, 0.05) is 12.2 Å². The summed E-state index contributed by atoms with van der Waals surface area (Å²) in [5, 5.41) is 12.0. The predicted molar refractivity (Wildman–Crippen MR) is 121 cm³/mol. The van der Waals surface area contributed by atoms with E-state index in [9.17, 15) is 9.59 Å². The van der Waals surface area contributed by atoms with Gasteiger partial charge < -0.3 is 19.7 Å². The van der Waals surface area contributed by atoms with Crippen molar-refractivity contribution in [3.63, 3.8) is 0 Å². The van der Waals surface area contributed by atoms with Crippen molar-refractivity contribution in [1.82, 2.24) is 15.1 Å². The van der Waals surface area contributed by atoms with Crippen molar-refractivity contribution in [1.29, 1.82) is 0 Å². The first-order valence-corrected chi connectivity index (χ1v) is 11.1. The fourth-order valence-corrected chi connectivity index (χ4v) is 4.39. The molecule has 0 radical (unpaired) electrons. The van der Waals surface area contributed by atoms with E-state index in [1.807, 2.05) is 31.2 Å². The molecule has 1 aliphatic heterocycles. The van der Waals surface area contributed by atoms with Gasteiger partial charge in [0.1, 0.15) is 16.5 Å². The second-order valence-electron chi connectivity index (χ2n) is 7.47. The summed E-state index contributed by atoms with van der Waals surface area (Å²) in [4.78, 5) is 27.1. The minimum atomic E-state index is -0.309. The molecule has 9 heteroatoms. The molecule has 1 saturated heterocycles. The number of benzene rings is 2. The molecule has 0 unspecified atom stereocenters. The van der Waals surface area contributed by atoms with E-state index < -0.39 is 0 Å². The Morgan fingerprint density at radius 2 is 1.81 bits per heavy atom. The Labute approximate surface area is 190 Å². The van der Waals surface area contributed by atoms with Crippen LogP contribution in [-0.2, 0) is 4.79 Å². The van der Waals surface area contributed by atoms with Gasteiger partial charge in [-0.3, -0.25) is 9.59 Å². The van der Waals surface area contributed by atoms with Gasteiger partial charge in [0.2, 0.25) is 5.01 Å². The van der Waals surface area contributed by atoms with Crippen LogP contribution in [0.25, 0.3) is 0 Å². The standard InChI is InChI=1S/C23H24N4O4S/c1-15-5-7-16(8-6-15)24-21(29)23-26-25-22(32-23)19-4-3-13-27(19)20(28)14-31-18-11-9-17(30-2)10-12-18/h5-12,19H,3-4,13-14H2,1-2H3,(H,24,29)/t19-/m0/s1. The SMILES string of the molecule is COc1ccc(OCC(=O)N2CCC[C@H]2c2nnc(C(=O)Nc3ccc(C)cc3)s2)cc1. The van der Waals surface area contributed by atoms with Gasteiger partial charge in [0.25, 0.3) is 11.8 Å². The molecule has 4 rings (SSSR count). The number of anilines is 1. The van der Waals surface area contributed by atoms with E-state index in [0.29, 0.717) is 23.0 Å². The molecule has 2 aromatic carbocycles. The van der Waals surface area contributed by atoms with Crippen LogP contribution >= 0.6 is 11.3 Å². The first-order valence-electron chi connectivity index (χ1n) is 10.3. The molecular formula is C23H24N4O4S. The molecule has 1 fully saturated rings. The molecule has 1 N–H and O–H groups in total. The van der Waals surface area contributed by atoms with E-state index in [1.54, 1.807) is 36.3 Å². The molecular weight excluding hydrogens is 428 g/mol. The van der Waals surface area contributed by atoms with Crippen LogP contribution in [-0.4, -0.2) is 47.2 Å². The van der Waals surface area contributed by atoms with Gasteiger partial charge in [-0.05, 0) is 56.2 Å². The van der Waals surface area contributed by atoms with Crippen LogP contribution in [0.4, 0.5) is 5.69 Å². The van der Waals surface area contributed by atoms with Gasteiger partial charge in [-0.2, -0.15) is 0 Å². The Morgan fingerprint density at radius 3 is 2.53 bits per heavy atom. The number of hydrogen-bond donors (Lipinski definition) is 1. The average molecular weight is 453 g/mol. The first kappa shape index (κ1) is 21.8. The molecule has 1 atom stereocenters. The number of amides is 2. The van der Waals surface area contributed by atoms with Crippen molar-refractivity contribution in [2.45, 2.75) is 25.8 Å². The van der Waals surface area contributed by atoms with Gasteiger partial charge in [-0.25, -0.2) is 0 Å². The number of carbonyl (C=O) groups is 2. The average Bonchev–Trinajstić information content (AvgIpc) is 3.49. The summed E-state index contributed by atoms with van der Waals surface area (Å²) < 4.78 is 10.8. The molecule has 0 spiro atoms. The normalized spacial score (nSPS) is 15.4. The van der Waals surface area contributed by atoms with Gasteiger partial charge >= 0.3 is 0 Å². The van der Waals surface area contributed by atoms with Crippen molar-refractivity contribution in [2.75, 3.05) is 25.6 Å². The number of methoxy groups -OCH3 is 1. The minimum absolute atomic E-state index is 0.0671. The predicted octanol–water partition coefficient (Wildman–Crippen LogP) is 3.85. The number of carbonyl (C=O) groups excluding carboxylic acids is 2. The summed E-state index contributed by atoms with van der Waals surface area (Å²) in [6, 6.07) is 14.4. The minimum Gasteiger partial charge on any atom is -0.497 e. The summed E-state index contributed by atoms with van der Waals surface area (Å²) in [5.41, 5.74) is 1.81. The lowest BCUT2D eigenvalue weighted by Gasteiger charge is -2.22. The van der Waals surface area contributed by atoms with Gasteiger partial charge in [-0.15, -0.1) is 10.2 Å². The lowest BCUT2D eigenvalue weighted by atomic mass is 10.2. The molecule has 32 heavy (non-hydrogen) atoms. The zero-order chi connectivity index (χ0) is 22.5. The zero-order valence-electron chi connectivity index (χ0n) is 17.9. The molecule has 0 aliphatic carbocycles. The Hall–Kier alpha value is -3.46. The van der Waals surface area contributed by atoms with Crippen molar-refractivity contribution < 1.29 is 19.1 Å². The van der Waals surface area contributed by atoms with E-state index in [2.05, 4.69) is 15.5 Å². The van der Waals surface area contributed by atoms with E-state index in [-0.39, 0.29) is 29.5 Å². The highest BCUT2D eigenvalue weighted by molar-refractivity contribution is 7.13. The third kappa shape index (κ3) is 5.05. The topological polar surface area (TPSA) is 93.7 Å². The summed E-state index contributed by atoms with van der Waals surface area (Å²) in [6.07, 6.45) is 1.64. The monoisotopic (exact) mass is 452 g/mol. The maximum atomic E-state index is 12.8. The molecule has 0 saturated carbocycles. The van der Waals surface area contributed by atoms with E-state index in [0.717, 1.165) is 24.2 Å². The van der Waals surface area contributed by atoms with Crippen LogP contribution in [0, 0.1) is 6.92 Å². The molecule has 0 bridgehead atoms. The molecule has 8 nitrogen and oxygen atoms in total. The van der Waals surface area contributed by atoms with Crippen molar-refractivity contribution >= 4 is 28.8 Å². The molecule has 166 valence electrons. The maximum Gasteiger partial charge on any atom is 0.286 e. The number of ether oxygens (including phenoxy) is 2. The van der Waals surface area contributed by atoms with Crippen molar-refractivity contribution in [3.05, 3.63) is 64.1 Å². The summed E-state index contributed by atoms with van der Waals surface area (Å²) in [5.74, 6) is 0.892. The molecule has 1 aliphatic rings. The second kappa shape index (κ2) is 9.78. The van der Waals surface area contributed by atoms with Crippen LogP contribution in [0.15, 0.2) is 48.5 Å². The largest absolute Gasteiger partial charge is 0.497 e. The summed E-state index contributed by atoms with van der Waals surface area (Å²) in [6.45, 7) is 2.54. The molecule has 1 aromatic heterocycles. The van der Waals surface area contributed by atoms with Crippen LogP contribution in [0.1, 0.15) is 39.3 Å². The fourth-order valence-electron chi connectivity index (χ4n) is 3.50. The zero-order valence-corrected chi connectivity index (χ0v) is 18.7. The van der Waals surface area contributed by atoms with E-state index in [1.165, 1.54) is 11.3 Å². The number of likely N-dealkylation sites (tertiary alicyclic amines) is 1. The van der Waals surface area contributed by atoms with Crippen LogP contribution in [0.3, 0.4) is 0 Å². The maximum absolute atomic E-state index is 12.8. The Kier molecular flexibility index (Phi) is 6.65. The van der Waals surface area contributed by atoms with Crippen LogP contribution in [0.2, 0.25) is 0 Å². The Balaban J connectivity index is 1.37. The third-order valence-electron chi connectivity index (χ3n) is 5.22. The molecule has 3 aromatic rings. The van der Waals surface area contributed by atoms with E-state index in [4.69, 9.17) is 9.47 Å². The summed E-state index contributed by atoms with van der Waals surface area (Å²) >= 11 is 1.22. The number of rotatable bonds is 7. The quantitative estimate of drug-likeness (QED) is 0.585. The highest BCUT2D eigenvalue weighted by Gasteiger charge is 2.33. The number of nitrogens with one attached hydrogen (secondary N) is 1. The molecule has 2 amide bonds. The highest BCUT2D eigenvalue weighted by Crippen LogP contribution is 2.34. The number of aromatic nitrogens is 2. The summed E-state index contributed by atoms with van der Waals surface area (Å²) in [7, 11) is 1.60. The lowest BCUT2D eigenvalue weighted by Crippen LogP contribution is -2.34.